The molecule has 0 atom stereocenters. The van der Waals surface area contributed by atoms with Gasteiger partial charge in [-0.1, -0.05) is 0 Å². The van der Waals surface area contributed by atoms with E-state index >= 15 is 0 Å². The molecule has 0 aliphatic rings. The van der Waals surface area contributed by atoms with E-state index in [1.807, 2.05) is 0 Å². The van der Waals surface area contributed by atoms with E-state index in [9.17, 15) is 0 Å². The van der Waals surface area contributed by atoms with Crippen molar-refractivity contribution >= 4 is 70.2 Å². The fraction of sp³-hybridized carbons (Fsp3) is 0. The van der Waals surface area contributed by atoms with Crippen molar-refractivity contribution in [3.63, 3.8) is 0 Å². The normalized spacial score (nSPS) is 1.00. The molecular formula is KLiOW. The average Bonchev–Trinajstić information content (AvgIpc) is 1.00. The van der Waals surface area contributed by atoms with Gasteiger partial charge in [-0.05, 0) is 0 Å². The van der Waals surface area contributed by atoms with Crippen molar-refractivity contribution in [3.8, 4) is 0 Å². The van der Waals surface area contributed by atoms with E-state index in [4.69, 9.17) is 3.40 Å². The maximum atomic E-state index is 8.33. The summed E-state index contributed by atoms with van der Waals surface area (Å²) in [5.41, 5.74) is 0. The summed E-state index contributed by atoms with van der Waals surface area (Å²) in [5, 5.41) is 0. The molecule has 0 aromatic carbocycles. The molecule has 0 unspecified atom stereocenters. The molecule has 0 aliphatic carbocycles. The third-order valence-electron chi connectivity index (χ3n) is 0. The van der Waals surface area contributed by atoms with Crippen molar-refractivity contribution in [3.05, 3.63) is 0 Å². The van der Waals surface area contributed by atoms with E-state index in [-0.39, 0.29) is 70.2 Å². The average molecular weight is 246 g/mol. The van der Waals surface area contributed by atoms with Crippen molar-refractivity contribution in [2.24, 2.45) is 0 Å². The summed E-state index contributed by atoms with van der Waals surface area (Å²) < 4.78 is 8.33. The summed E-state index contributed by atoms with van der Waals surface area (Å²) in [4.78, 5) is 0. The Labute approximate surface area is 91.1 Å². The fourth-order valence-corrected chi connectivity index (χ4v) is 0. The zero-order chi connectivity index (χ0) is 2.00. The second-order valence-corrected chi connectivity index (χ2v) is 0. The molecule has 0 amide bonds. The summed E-state index contributed by atoms with van der Waals surface area (Å²) in [6, 6.07) is 0. The molecule has 14 valence electrons. The van der Waals surface area contributed by atoms with E-state index in [1.54, 1.807) is 0 Å². The zero-order valence-electron chi connectivity index (χ0n) is 2.82. The van der Waals surface area contributed by atoms with Crippen molar-refractivity contribution in [2.75, 3.05) is 0 Å². The summed E-state index contributed by atoms with van der Waals surface area (Å²) in [6.07, 6.45) is 0. The number of rotatable bonds is 0. The Bertz CT molecular complexity index is 8.00. The minimum absolute atomic E-state index is 0. The van der Waals surface area contributed by atoms with Gasteiger partial charge in [0.2, 0.25) is 0 Å². The first-order valence-corrected chi connectivity index (χ1v) is 1.36. The molecule has 0 heterocycles. The van der Waals surface area contributed by atoms with Crippen molar-refractivity contribution < 1.29 is 23.2 Å². The van der Waals surface area contributed by atoms with Crippen LogP contribution >= 0.6 is 0 Å². The third kappa shape index (κ3) is 8.83. The second-order valence-electron chi connectivity index (χ2n) is 0. The quantitative estimate of drug-likeness (QED) is 0.507. The predicted molar refractivity (Wildman–Crippen MR) is 12.2 cm³/mol. The topological polar surface area (TPSA) is 17.1 Å². The first-order valence-electron chi connectivity index (χ1n) is 0.167. The predicted octanol–water partition coefficient (Wildman–Crippen LogP) is -0.883. The summed E-state index contributed by atoms with van der Waals surface area (Å²) in [5.74, 6) is 0. The molecule has 0 N–H and O–H groups in total. The van der Waals surface area contributed by atoms with Gasteiger partial charge >= 0.3 is 23.2 Å². The summed E-state index contributed by atoms with van der Waals surface area (Å²) >= 11 is 0.333. The zero-order valence-corrected chi connectivity index (χ0v) is 8.87. The SMILES string of the molecule is [K].[Li].[O]=[W]. The Kier molecular flexibility index (Phi) is 68.4. The Morgan fingerprint density at radius 1 is 1.25 bits per heavy atom. The number of hydrogen-bond acceptors (Lipinski definition) is 1. The molecule has 0 spiro atoms. The standard InChI is InChI=1S/K.Li.O.W. The molecule has 0 saturated carbocycles. The molecule has 4 heavy (non-hydrogen) atoms. The van der Waals surface area contributed by atoms with Crippen LogP contribution in [0.5, 0.6) is 0 Å². The van der Waals surface area contributed by atoms with Crippen molar-refractivity contribution in [1.29, 1.82) is 0 Å². The third-order valence-corrected chi connectivity index (χ3v) is 0. The molecule has 0 fully saturated rings. The van der Waals surface area contributed by atoms with E-state index in [1.165, 1.54) is 0 Å². The Morgan fingerprint density at radius 3 is 1.25 bits per heavy atom. The van der Waals surface area contributed by atoms with Crippen LogP contribution in [0.2, 0.25) is 0 Å². The van der Waals surface area contributed by atoms with Crippen molar-refractivity contribution in [1.82, 2.24) is 0 Å². The molecule has 4 heteroatoms. The Balaban J connectivity index is -0.00000000500. The molecule has 0 aromatic heterocycles. The Morgan fingerprint density at radius 2 is 1.25 bits per heavy atom. The monoisotopic (exact) mass is 246 g/mol. The molecule has 2 radical (unpaired) electrons. The van der Waals surface area contributed by atoms with Crippen LogP contribution in [0.3, 0.4) is 0 Å². The molecular weight excluding hydrogens is 246 g/mol. The van der Waals surface area contributed by atoms with E-state index in [0.717, 1.165) is 0 Å². The number of hydrogen-bond donors (Lipinski definition) is 0. The molecule has 1 nitrogen and oxygen atoms in total. The van der Waals surface area contributed by atoms with E-state index in [2.05, 4.69) is 0 Å². The Hall–Kier alpha value is 2.72. The van der Waals surface area contributed by atoms with Crippen LogP contribution in [0.25, 0.3) is 0 Å². The molecule has 0 bridgehead atoms. The fourth-order valence-electron chi connectivity index (χ4n) is 0. The van der Waals surface area contributed by atoms with Gasteiger partial charge in [0.25, 0.3) is 0 Å². The molecule has 0 saturated heterocycles. The van der Waals surface area contributed by atoms with Crippen LogP contribution in [0.4, 0.5) is 0 Å². The first kappa shape index (κ1) is 15.9. The first-order chi connectivity index (χ1) is 1.00. The van der Waals surface area contributed by atoms with E-state index in [0.29, 0.717) is 19.8 Å². The van der Waals surface area contributed by atoms with Crippen LogP contribution < -0.4 is 0 Å². The van der Waals surface area contributed by atoms with Gasteiger partial charge in [-0.15, -0.1) is 0 Å². The van der Waals surface area contributed by atoms with Crippen LogP contribution in [0.1, 0.15) is 0 Å². The van der Waals surface area contributed by atoms with Gasteiger partial charge in [0.1, 0.15) is 0 Å². The van der Waals surface area contributed by atoms with Gasteiger partial charge in [0.05, 0.1) is 0 Å². The summed E-state index contributed by atoms with van der Waals surface area (Å²) in [7, 11) is 0. The van der Waals surface area contributed by atoms with Crippen LogP contribution in [-0.4, -0.2) is 70.2 Å². The van der Waals surface area contributed by atoms with Gasteiger partial charge in [-0.2, -0.15) is 0 Å². The molecule has 0 aliphatic heterocycles. The van der Waals surface area contributed by atoms with Crippen LogP contribution in [-0.2, 0) is 23.2 Å². The second kappa shape index (κ2) is 17.2. The minimum atomic E-state index is 0. The van der Waals surface area contributed by atoms with Gasteiger partial charge in [0.15, 0.2) is 0 Å². The van der Waals surface area contributed by atoms with Gasteiger partial charge in [0, 0.05) is 70.2 Å². The molecule has 0 aromatic rings. The maximum absolute atomic E-state index is 8.33. The molecule has 0 rings (SSSR count). The van der Waals surface area contributed by atoms with E-state index < -0.39 is 0 Å². The van der Waals surface area contributed by atoms with Gasteiger partial charge in [-0.3, -0.25) is 0 Å². The van der Waals surface area contributed by atoms with Crippen LogP contribution in [0, 0.1) is 0 Å². The summed E-state index contributed by atoms with van der Waals surface area (Å²) in [6.45, 7) is 0. The van der Waals surface area contributed by atoms with Crippen LogP contribution in [0.15, 0.2) is 0 Å². The van der Waals surface area contributed by atoms with Gasteiger partial charge in [-0.25, -0.2) is 0 Å². The van der Waals surface area contributed by atoms with Crippen molar-refractivity contribution in [2.45, 2.75) is 0 Å². The van der Waals surface area contributed by atoms with Gasteiger partial charge < -0.3 is 0 Å².